The highest BCUT2D eigenvalue weighted by atomic mass is 32.3. The first-order valence-electron chi connectivity index (χ1n) is 6.88. The van der Waals surface area contributed by atoms with Crippen LogP contribution in [0.3, 0.4) is 0 Å². The highest BCUT2D eigenvalue weighted by Gasteiger charge is 2.53. The van der Waals surface area contributed by atoms with Crippen LogP contribution in [0.15, 0.2) is 94.8 Å². The second-order valence-corrected chi connectivity index (χ2v) is 9.64. The summed E-state index contributed by atoms with van der Waals surface area (Å²) in [7, 11) is -8.34. The van der Waals surface area contributed by atoms with E-state index in [-0.39, 0.29) is 9.79 Å². The smallest absolute Gasteiger partial charge is 0.218 e. The quantitative estimate of drug-likeness (QED) is 0.854. The van der Waals surface area contributed by atoms with E-state index in [0.29, 0.717) is 0 Å². The number of rotatable bonds is 4. The number of hydrogen-bond donors (Lipinski definition) is 0. The maximum atomic E-state index is 13.1. The van der Waals surface area contributed by atoms with Gasteiger partial charge < -0.3 is 0 Å². The van der Waals surface area contributed by atoms with E-state index in [2.05, 4.69) is 0 Å². The summed E-state index contributed by atoms with van der Waals surface area (Å²) in [5.41, 5.74) is 0. The normalized spacial score (nSPS) is 16.5. The van der Waals surface area contributed by atoms with Gasteiger partial charge >= 0.3 is 0 Å². The molecular weight excluding hydrogens is 332 g/mol. The van der Waals surface area contributed by atoms with Crippen molar-refractivity contribution >= 4 is 19.7 Å². The van der Waals surface area contributed by atoms with Gasteiger partial charge in [-0.3, -0.25) is 0 Å². The van der Waals surface area contributed by atoms with E-state index < -0.39 is 23.8 Å². The Kier molecular flexibility index (Phi) is 3.74. The lowest BCUT2D eigenvalue weighted by Crippen LogP contribution is -2.42. The first kappa shape index (κ1) is 15.7. The minimum Gasteiger partial charge on any atom is -0.221 e. The van der Waals surface area contributed by atoms with Gasteiger partial charge in [-0.05, 0) is 36.4 Å². The third kappa shape index (κ3) is 2.26. The van der Waals surface area contributed by atoms with E-state index in [1.54, 1.807) is 36.4 Å². The van der Waals surface area contributed by atoms with Crippen molar-refractivity contribution in [1.29, 1.82) is 0 Å². The Balaban J connectivity index is 2.28. The fourth-order valence-corrected chi connectivity index (χ4v) is 7.04. The van der Waals surface area contributed by atoms with Gasteiger partial charge in [0.2, 0.25) is 23.8 Å². The average Bonchev–Trinajstić information content (AvgIpc) is 3.09. The van der Waals surface area contributed by atoms with E-state index in [0.717, 1.165) is 0 Å². The predicted octanol–water partition coefficient (Wildman–Crippen LogP) is 2.76. The molecule has 0 atom stereocenters. The molecule has 0 bridgehead atoms. The molecule has 6 heteroatoms. The van der Waals surface area contributed by atoms with Crippen LogP contribution >= 0.6 is 0 Å². The van der Waals surface area contributed by atoms with Crippen molar-refractivity contribution in [3.8, 4) is 0 Å². The SMILES string of the molecule is O=S(=O)(c1ccccc1)C1(S(=O)(=O)c2ccccc2)C=CC=C1. The summed E-state index contributed by atoms with van der Waals surface area (Å²) in [5, 5.41) is 0. The zero-order valence-corrected chi connectivity index (χ0v) is 13.7. The van der Waals surface area contributed by atoms with Crippen LogP contribution in [-0.2, 0) is 19.7 Å². The molecular formula is C17H14O4S2. The minimum absolute atomic E-state index is 0.0318. The van der Waals surface area contributed by atoms with E-state index >= 15 is 0 Å². The van der Waals surface area contributed by atoms with Crippen molar-refractivity contribution < 1.29 is 16.8 Å². The molecule has 4 nitrogen and oxygen atoms in total. The molecule has 3 rings (SSSR count). The van der Waals surface area contributed by atoms with Crippen molar-refractivity contribution in [2.75, 3.05) is 0 Å². The van der Waals surface area contributed by atoms with E-state index in [4.69, 9.17) is 0 Å². The van der Waals surface area contributed by atoms with Gasteiger partial charge in [-0.25, -0.2) is 16.8 Å². The first-order valence-corrected chi connectivity index (χ1v) is 9.85. The fourth-order valence-electron chi connectivity index (χ4n) is 2.51. The molecule has 0 saturated carbocycles. The van der Waals surface area contributed by atoms with Crippen LogP contribution in [0.4, 0.5) is 0 Å². The molecule has 2 aromatic rings. The van der Waals surface area contributed by atoms with E-state index in [1.165, 1.54) is 48.6 Å². The zero-order chi connectivity index (χ0) is 16.6. The molecule has 0 unspecified atom stereocenters. The Morgan fingerprint density at radius 2 is 0.913 bits per heavy atom. The topological polar surface area (TPSA) is 68.3 Å². The van der Waals surface area contributed by atoms with Gasteiger partial charge in [0.1, 0.15) is 0 Å². The summed E-state index contributed by atoms with van der Waals surface area (Å²) in [4.78, 5) is -0.0635. The van der Waals surface area contributed by atoms with Gasteiger partial charge in [0.25, 0.3) is 0 Å². The van der Waals surface area contributed by atoms with Crippen molar-refractivity contribution in [2.45, 2.75) is 13.9 Å². The van der Waals surface area contributed by atoms with Gasteiger partial charge in [0.15, 0.2) is 0 Å². The average molecular weight is 346 g/mol. The third-order valence-corrected chi connectivity index (χ3v) is 9.04. The molecule has 0 saturated heterocycles. The molecule has 0 aliphatic heterocycles. The molecule has 0 radical (unpaired) electrons. The lowest BCUT2D eigenvalue weighted by molar-refractivity contribution is 0.571. The van der Waals surface area contributed by atoms with Crippen LogP contribution in [0.2, 0.25) is 0 Å². The van der Waals surface area contributed by atoms with Gasteiger partial charge in [0.05, 0.1) is 9.79 Å². The largest absolute Gasteiger partial charge is 0.221 e. The Bertz CT molecular complexity index is 888. The maximum Gasteiger partial charge on any atom is 0.218 e. The number of benzene rings is 2. The molecule has 0 spiro atoms. The highest BCUT2D eigenvalue weighted by Crippen LogP contribution is 2.40. The summed E-state index contributed by atoms with van der Waals surface area (Å²) in [6.45, 7) is 0. The van der Waals surface area contributed by atoms with E-state index in [1.807, 2.05) is 0 Å². The molecule has 0 amide bonds. The van der Waals surface area contributed by atoms with Crippen LogP contribution in [0.5, 0.6) is 0 Å². The molecule has 118 valence electrons. The predicted molar refractivity (Wildman–Crippen MR) is 88.3 cm³/mol. The Labute approximate surface area is 135 Å². The summed E-state index contributed by atoms with van der Waals surface area (Å²) >= 11 is 0. The standard InChI is InChI=1S/C17H14O4S2/c18-22(19,15-9-3-1-4-10-15)17(13-7-8-14-17)23(20,21)16-11-5-2-6-12-16/h1-14H. The van der Waals surface area contributed by atoms with Gasteiger partial charge in [0, 0.05) is 0 Å². The molecule has 0 heterocycles. The van der Waals surface area contributed by atoms with Crippen molar-refractivity contribution in [1.82, 2.24) is 0 Å². The Morgan fingerprint density at radius 3 is 1.26 bits per heavy atom. The molecule has 0 fully saturated rings. The van der Waals surface area contributed by atoms with Crippen LogP contribution in [0.25, 0.3) is 0 Å². The second kappa shape index (κ2) is 5.47. The number of hydrogen-bond acceptors (Lipinski definition) is 4. The van der Waals surface area contributed by atoms with Crippen LogP contribution in [-0.4, -0.2) is 20.9 Å². The molecule has 1 aliphatic rings. The van der Waals surface area contributed by atoms with Crippen molar-refractivity contribution in [2.24, 2.45) is 0 Å². The van der Waals surface area contributed by atoms with Gasteiger partial charge in [-0.1, -0.05) is 48.6 Å². The second-order valence-electron chi connectivity index (χ2n) is 5.07. The van der Waals surface area contributed by atoms with Crippen molar-refractivity contribution in [3.63, 3.8) is 0 Å². The molecule has 1 aliphatic carbocycles. The summed E-state index contributed by atoms with van der Waals surface area (Å²) in [6, 6.07) is 15.2. The highest BCUT2D eigenvalue weighted by molar-refractivity contribution is 8.11. The monoisotopic (exact) mass is 346 g/mol. The Hall–Kier alpha value is -2.18. The number of allylic oxidation sites excluding steroid dienone is 2. The number of sulfone groups is 2. The van der Waals surface area contributed by atoms with Gasteiger partial charge in [-0.2, -0.15) is 0 Å². The van der Waals surface area contributed by atoms with E-state index in [9.17, 15) is 16.8 Å². The fraction of sp³-hybridized carbons (Fsp3) is 0.0588. The maximum absolute atomic E-state index is 13.1. The molecule has 2 aromatic carbocycles. The summed E-state index contributed by atoms with van der Waals surface area (Å²) in [5.74, 6) is 0. The van der Waals surface area contributed by atoms with Crippen LogP contribution in [0, 0.1) is 0 Å². The van der Waals surface area contributed by atoms with Crippen LogP contribution < -0.4 is 0 Å². The third-order valence-electron chi connectivity index (χ3n) is 3.72. The lowest BCUT2D eigenvalue weighted by Gasteiger charge is -2.25. The zero-order valence-electron chi connectivity index (χ0n) is 12.0. The summed E-state index contributed by atoms with van der Waals surface area (Å²) in [6.07, 6.45) is 5.33. The Morgan fingerprint density at radius 1 is 0.565 bits per heavy atom. The molecule has 0 N–H and O–H groups in total. The lowest BCUT2D eigenvalue weighted by atomic mass is 10.4. The van der Waals surface area contributed by atoms with Crippen molar-refractivity contribution in [3.05, 3.63) is 85.0 Å². The summed E-state index contributed by atoms with van der Waals surface area (Å²) < 4.78 is 50.3. The molecule has 0 aromatic heterocycles. The first-order chi connectivity index (χ1) is 10.9. The minimum atomic E-state index is -4.17. The molecule has 23 heavy (non-hydrogen) atoms. The van der Waals surface area contributed by atoms with Crippen LogP contribution in [0.1, 0.15) is 0 Å². The van der Waals surface area contributed by atoms with Gasteiger partial charge in [-0.15, -0.1) is 0 Å².